The van der Waals surface area contributed by atoms with Crippen LogP contribution in [0, 0.1) is 11.6 Å². The Morgan fingerprint density at radius 2 is 2.09 bits per heavy atom. The number of benzene rings is 1. The Balaban J connectivity index is 2.93. The second kappa shape index (κ2) is 3.53. The van der Waals surface area contributed by atoms with Crippen LogP contribution in [-0.2, 0) is 0 Å². The minimum atomic E-state index is -0.507. The van der Waals surface area contributed by atoms with Crippen molar-refractivity contribution in [2.24, 2.45) is 0 Å². The molecule has 0 bridgehead atoms. The van der Waals surface area contributed by atoms with Crippen LogP contribution < -0.4 is 5.32 Å². The van der Waals surface area contributed by atoms with E-state index in [9.17, 15) is 8.78 Å². The highest BCUT2D eigenvalue weighted by Crippen LogP contribution is 2.14. The molecule has 1 aromatic rings. The van der Waals surface area contributed by atoms with Crippen molar-refractivity contribution in [3.05, 3.63) is 29.8 Å². The van der Waals surface area contributed by atoms with Gasteiger partial charge in [0.25, 0.3) is 0 Å². The first kappa shape index (κ1) is 8.27. The average Bonchev–Trinajstić information content (AvgIpc) is 1.98. The number of hydrogen-bond donors (Lipinski definition) is 1. The minimum Gasteiger partial charge on any atom is -0.369 e. The van der Waals surface area contributed by atoms with E-state index in [0.717, 1.165) is 18.2 Å². The maximum atomic E-state index is 12.7. The maximum Gasteiger partial charge on any atom is 0.146 e. The summed E-state index contributed by atoms with van der Waals surface area (Å²) < 4.78 is 25.1. The van der Waals surface area contributed by atoms with Crippen molar-refractivity contribution in [3.63, 3.8) is 0 Å². The van der Waals surface area contributed by atoms with Gasteiger partial charge in [0.15, 0.2) is 0 Å². The van der Waals surface area contributed by atoms with Crippen LogP contribution in [-0.4, -0.2) is 6.00 Å². The highest BCUT2D eigenvalue weighted by Gasteiger charge is 2.00. The fourth-order valence-corrected chi connectivity index (χ4v) is 0.849. The van der Waals surface area contributed by atoms with E-state index in [1.54, 1.807) is 0 Å². The first-order valence-corrected chi connectivity index (χ1v) is 3.52. The van der Waals surface area contributed by atoms with Crippen LogP contribution in [0.2, 0.25) is 0 Å². The standard InChI is InChI=1S/C7H6ClF2N/c8-4-11-7-3-5(9)1-2-6(7)10/h1-3,11H,4H2. The molecule has 11 heavy (non-hydrogen) atoms. The lowest BCUT2D eigenvalue weighted by Gasteiger charge is -2.02. The minimum absolute atomic E-state index is 0.0559. The van der Waals surface area contributed by atoms with E-state index in [4.69, 9.17) is 11.6 Å². The quantitative estimate of drug-likeness (QED) is 0.541. The molecular weight excluding hydrogens is 172 g/mol. The maximum absolute atomic E-state index is 12.7. The lowest BCUT2D eigenvalue weighted by Crippen LogP contribution is -1.97. The molecule has 1 nitrogen and oxygen atoms in total. The third kappa shape index (κ3) is 2.05. The lowest BCUT2D eigenvalue weighted by molar-refractivity contribution is 0.603. The summed E-state index contributed by atoms with van der Waals surface area (Å²) in [5.41, 5.74) is 0.0833. The number of hydrogen-bond acceptors (Lipinski definition) is 1. The van der Waals surface area contributed by atoms with Crippen LogP contribution >= 0.6 is 11.6 Å². The summed E-state index contributed by atoms with van der Waals surface area (Å²) in [4.78, 5) is 0. The van der Waals surface area contributed by atoms with Gasteiger partial charge in [-0.1, -0.05) is 0 Å². The number of halogens is 3. The molecule has 0 aliphatic carbocycles. The zero-order valence-electron chi connectivity index (χ0n) is 5.57. The van der Waals surface area contributed by atoms with Gasteiger partial charge in [0.05, 0.1) is 11.7 Å². The molecule has 60 valence electrons. The molecule has 1 N–H and O–H groups in total. The van der Waals surface area contributed by atoms with Crippen molar-refractivity contribution in [3.8, 4) is 0 Å². The Bertz CT molecular complexity index is 252. The predicted molar refractivity (Wildman–Crippen MR) is 40.7 cm³/mol. The van der Waals surface area contributed by atoms with Gasteiger partial charge in [-0.3, -0.25) is 0 Å². The molecule has 4 heteroatoms. The van der Waals surface area contributed by atoms with E-state index in [2.05, 4.69) is 5.32 Å². The summed E-state index contributed by atoms with van der Waals surface area (Å²) in [5, 5.41) is 2.47. The molecule has 0 aromatic heterocycles. The number of nitrogens with one attached hydrogen (secondary N) is 1. The summed E-state index contributed by atoms with van der Waals surface area (Å²) in [6.07, 6.45) is 0. The zero-order chi connectivity index (χ0) is 8.27. The van der Waals surface area contributed by atoms with E-state index in [0.29, 0.717) is 0 Å². The van der Waals surface area contributed by atoms with Gasteiger partial charge < -0.3 is 5.32 Å². The first-order valence-electron chi connectivity index (χ1n) is 2.99. The van der Waals surface area contributed by atoms with Gasteiger partial charge in [0, 0.05) is 0 Å². The van der Waals surface area contributed by atoms with Gasteiger partial charge in [-0.05, 0) is 18.2 Å². The summed E-state index contributed by atoms with van der Waals surface area (Å²) in [6.45, 7) is 0. The highest BCUT2D eigenvalue weighted by atomic mass is 35.5. The molecule has 0 fully saturated rings. The van der Waals surface area contributed by atoms with Gasteiger partial charge in [0.1, 0.15) is 11.6 Å². The Kier molecular flexibility index (Phi) is 2.65. The molecule has 0 radical (unpaired) electrons. The van der Waals surface area contributed by atoms with Crippen molar-refractivity contribution >= 4 is 17.3 Å². The molecular formula is C7H6ClF2N. The van der Waals surface area contributed by atoms with Gasteiger partial charge >= 0.3 is 0 Å². The van der Waals surface area contributed by atoms with Crippen LogP contribution in [0.5, 0.6) is 0 Å². The monoisotopic (exact) mass is 177 g/mol. The van der Waals surface area contributed by atoms with Crippen molar-refractivity contribution in [1.29, 1.82) is 0 Å². The normalized spacial score (nSPS) is 9.73. The third-order valence-electron chi connectivity index (χ3n) is 1.19. The molecule has 0 spiro atoms. The van der Waals surface area contributed by atoms with Crippen LogP contribution in [0.25, 0.3) is 0 Å². The first-order chi connectivity index (χ1) is 5.24. The second-order valence-corrected chi connectivity index (χ2v) is 2.20. The summed E-state index contributed by atoms with van der Waals surface area (Å²) >= 11 is 5.26. The van der Waals surface area contributed by atoms with E-state index >= 15 is 0 Å². The molecule has 0 aliphatic rings. The van der Waals surface area contributed by atoms with Crippen molar-refractivity contribution in [2.75, 3.05) is 11.3 Å². The van der Waals surface area contributed by atoms with E-state index < -0.39 is 11.6 Å². The van der Waals surface area contributed by atoms with Crippen LogP contribution in [0.3, 0.4) is 0 Å². The average molecular weight is 178 g/mol. The van der Waals surface area contributed by atoms with Crippen LogP contribution in [0.1, 0.15) is 0 Å². The molecule has 0 saturated carbocycles. The molecule has 0 aliphatic heterocycles. The third-order valence-corrected chi connectivity index (χ3v) is 1.32. The van der Waals surface area contributed by atoms with Crippen LogP contribution in [0.15, 0.2) is 18.2 Å². The molecule has 0 atom stereocenters. The van der Waals surface area contributed by atoms with Crippen molar-refractivity contribution in [2.45, 2.75) is 0 Å². The van der Waals surface area contributed by atoms with E-state index in [1.807, 2.05) is 0 Å². The molecule has 0 heterocycles. The lowest BCUT2D eigenvalue weighted by atomic mass is 10.3. The highest BCUT2D eigenvalue weighted by molar-refractivity contribution is 6.18. The van der Waals surface area contributed by atoms with E-state index in [1.165, 1.54) is 0 Å². The van der Waals surface area contributed by atoms with Crippen molar-refractivity contribution < 1.29 is 8.78 Å². The van der Waals surface area contributed by atoms with Crippen LogP contribution in [0.4, 0.5) is 14.5 Å². The molecule has 1 aromatic carbocycles. The van der Waals surface area contributed by atoms with E-state index in [-0.39, 0.29) is 11.7 Å². The largest absolute Gasteiger partial charge is 0.369 e. The number of alkyl halides is 1. The van der Waals surface area contributed by atoms with Gasteiger partial charge in [-0.15, -0.1) is 11.6 Å². The summed E-state index contributed by atoms with van der Waals surface area (Å²) in [6, 6.07) is 3.21. The fraction of sp³-hybridized carbons (Fsp3) is 0.143. The van der Waals surface area contributed by atoms with Gasteiger partial charge in [-0.25, -0.2) is 8.78 Å². The Labute approximate surface area is 68.0 Å². The Morgan fingerprint density at radius 1 is 1.36 bits per heavy atom. The topological polar surface area (TPSA) is 12.0 Å². The summed E-state index contributed by atoms with van der Waals surface area (Å²) in [7, 11) is 0. The zero-order valence-corrected chi connectivity index (χ0v) is 6.33. The predicted octanol–water partition coefficient (Wildman–Crippen LogP) is 2.57. The second-order valence-electron chi connectivity index (χ2n) is 1.93. The Hall–Kier alpha value is -0.830. The summed E-state index contributed by atoms with van der Waals surface area (Å²) in [5.74, 6) is -0.994. The molecule has 1 rings (SSSR count). The van der Waals surface area contributed by atoms with Gasteiger partial charge in [0.2, 0.25) is 0 Å². The molecule has 0 unspecified atom stereocenters. The SMILES string of the molecule is Fc1ccc(F)c(NCCl)c1. The Morgan fingerprint density at radius 3 is 2.73 bits per heavy atom. The number of rotatable bonds is 2. The molecule has 0 amide bonds. The molecule has 0 saturated heterocycles. The van der Waals surface area contributed by atoms with Crippen molar-refractivity contribution in [1.82, 2.24) is 0 Å². The fourth-order valence-electron chi connectivity index (χ4n) is 0.705. The smallest absolute Gasteiger partial charge is 0.146 e. The number of anilines is 1. The van der Waals surface area contributed by atoms with Gasteiger partial charge in [-0.2, -0.15) is 0 Å².